The number of benzene rings is 1. The van der Waals surface area contributed by atoms with Gasteiger partial charge in [-0.15, -0.1) is 0 Å². The van der Waals surface area contributed by atoms with E-state index in [-0.39, 0.29) is 11.9 Å². The Hall–Kier alpha value is -1.10. The van der Waals surface area contributed by atoms with Gasteiger partial charge in [0, 0.05) is 25.2 Å². The standard InChI is InChI=1S/C14H21ClN2O2/c1-10-8-13(15)5-4-12(10)9-17-11(2)14(18)16-6-7-19-3/h4-5,8,11,17H,6-7,9H2,1-3H3,(H,16,18). The molecule has 0 aliphatic carbocycles. The lowest BCUT2D eigenvalue weighted by Crippen LogP contribution is -2.42. The van der Waals surface area contributed by atoms with E-state index in [1.54, 1.807) is 7.11 Å². The van der Waals surface area contributed by atoms with Crippen molar-refractivity contribution in [2.45, 2.75) is 26.4 Å². The van der Waals surface area contributed by atoms with Crippen LogP contribution in [0.3, 0.4) is 0 Å². The number of nitrogens with one attached hydrogen (secondary N) is 2. The Morgan fingerprint density at radius 3 is 2.84 bits per heavy atom. The van der Waals surface area contributed by atoms with E-state index in [0.29, 0.717) is 19.7 Å². The van der Waals surface area contributed by atoms with Crippen LogP contribution in [-0.4, -0.2) is 32.2 Å². The summed E-state index contributed by atoms with van der Waals surface area (Å²) in [7, 11) is 1.61. The molecule has 4 nitrogen and oxygen atoms in total. The summed E-state index contributed by atoms with van der Waals surface area (Å²) < 4.78 is 4.88. The largest absolute Gasteiger partial charge is 0.383 e. The average molecular weight is 285 g/mol. The normalized spacial score (nSPS) is 12.2. The molecule has 1 aromatic rings. The molecule has 5 heteroatoms. The topological polar surface area (TPSA) is 50.4 Å². The second-order valence-corrected chi connectivity index (χ2v) is 4.89. The van der Waals surface area contributed by atoms with Gasteiger partial charge in [-0.3, -0.25) is 4.79 Å². The van der Waals surface area contributed by atoms with Gasteiger partial charge in [-0.05, 0) is 37.1 Å². The van der Waals surface area contributed by atoms with Crippen LogP contribution < -0.4 is 10.6 Å². The van der Waals surface area contributed by atoms with Crippen molar-refractivity contribution in [1.82, 2.24) is 10.6 Å². The lowest BCUT2D eigenvalue weighted by molar-refractivity contribution is -0.122. The minimum atomic E-state index is -0.244. The molecule has 0 aliphatic heterocycles. The first-order chi connectivity index (χ1) is 9.04. The number of rotatable bonds is 7. The summed E-state index contributed by atoms with van der Waals surface area (Å²) in [4.78, 5) is 11.7. The summed E-state index contributed by atoms with van der Waals surface area (Å²) >= 11 is 5.90. The van der Waals surface area contributed by atoms with Crippen LogP contribution in [0.15, 0.2) is 18.2 Å². The molecule has 0 radical (unpaired) electrons. The molecule has 0 bridgehead atoms. The van der Waals surface area contributed by atoms with Crippen LogP contribution in [0.4, 0.5) is 0 Å². The summed E-state index contributed by atoms with van der Waals surface area (Å²) in [5, 5.41) is 6.71. The third-order valence-electron chi connectivity index (χ3n) is 2.90. The highest BCUT2D eigenvalue weighted by Gasteiger charge is 2.11. The number of hydrogen-bond donors (Lipinski definition) is 2. The van der Waals surface area contributed by atoms with Gasteiger partial charge in [0.1, 0.15) is 0 Å². The predicted molar refractivity (Wildman–Crippen MR) is 77.4 cm³/mol. The van der Waals surface area contributed by atoms with Crippen molar-refractivity contribution in [1.29, 1.82) is 0 Å². The Labute approximate surface area is 119 Å². The van der Waals surface area contributed by atoms with Crippen molar-refractivity contribution in [2.75, 3.05) is 20.3 Å². The van der Waals surface area contributed by atoms with E-state index in [4.69, 9.17) is 16.3 Å². The summed E-state index contributed by atoms with van der Waals surface area (Å²) in [6.45, 7) is 5.54. The molecule has 0 aliphatic rings. The number of ether oxygens (including phenoxy) is 1. The number of carbonyl (C=O) groups excluding carboxylic acids is 1. The minimum Gasteiger partial charge on any atom is -0.383 e. The summed E-state index contributed by atoms with van der Waals surface area (Å²) in [6, 6.07) is 5.50. The van der Waals surface area contributed by atoms with Crippen LogP contribution in [0.25, 0.3) is 0 Å². The van der Waals surface area contributed by atoms with Crippen molar-refractivity contribution in [3.63, 3.8) is 0 Å². The number of carbonyl (C=O) groups is 1. The number of amides is 1. The van der Waals surface area contributed by atoms with Crippen molar-refractivity contribution < 1.29 is 9.53 Å². The van der Waals surface area contributed by atoms with Crippen molar-refractivity contribution in [2.24, 2.45) is 0 Å². The quantitative estimate of drug-likeness (QED) is 0.752. The van der Waals surface area contributed by atoms with E-state index >= 15 is 0 Å². The molecule has 1 aromatic carbocycles. The van der Waals surface area contributed by atoms with Gasteiger partial charge in [-0.2, -0.15) is 0 Å². The molecule has 0 saturated heterocycles. The smallest absolute Gasteiger partial charge is 0.236 e. The first-order valence-corrected chi connectivity index (χ1v) is 6.67. The maximum Gasteiger partial charge on any atom is 0.236 e. The zero-order valence-electron chi connectivity index (χ0n) is 11.6. The fraction of sp³-hybridized carbons (Fsp3) is 0.500. The Bertz CT molecular complexity index is 424. The molecule has 0 spiro atoms. The van der Waals surface area contributed by atoms with Gasteiger partial charge in [0.25, 0.3) is 0 Å². The second kappa shape index (κ2) is 8.15. The Balaban J connectivity index is 2.40. The molecule has 1 unspecified atom stereocenters. The van der Waals surface area contributed by atoms with Crippen LogP contribution in [0.5, 0.6) is 0 Å². The maximum absolute atomic E-state index is 11.7. The van der Waals surface area contributed by atoms with Gasteiger partial charge in [-0.1, -0.05) is 17.7 Å². The fourth-order valence-electron chi connectivity index (χ4n) is 1.64. The van der Waals surface area contributed by atoms with Crippen molar-refractivity contribution >= 4 is 17.5 Å². The number of halogens is 1. The molecule has 19 heavy (non-hydrogen) atoms. The van der Waals surface area contributed by atoms with Gasteiger partial charge < -0.3 is 15.4 Å². The SMILES string of the molecule is COCCNC(=O)C(C)NCc1ccc(Cl)cc1C. The fourth-order valence-corrected chi connectivity index (χ4v) is 1.87. The molecular formula is C14H21ClN2O2. The average Bonchev–Trinajstić information content (AvgIpc) is 2.37. The van der Waals surface area contributed by atoms with Crippen LogP contribution in [0.1, 0.15) is 18.1 Å². The highest BCUT2D eigenvalue weighted by atomic mass is 35.5. The van der Waals surface area contributed by atoms with Crippen LogP contribution in [0.2, 0.25) is 5.02 Å². The summed E-state index contributed by atoms with van der Waals surface area (Å²) in [5.74, 6) is -0.0244. The predicted octanol–water partition coefficient (Wildman–Crippen LogP) is 1.89. The van der Waals surface area contributed by atoms with Gasteiger partial charge in [0.2, 0.25) is 5.91 Å². The highest BCUT2D eigenvalue weighted by molar-refractivity contribution is 6.30. The zero-order chi connectivity index (χ0) is 14.3. The van der Waals surface area contributed by atoms with E-state index in [1.807, 2.05) is 32.0 Å². The van der Waals surface area contributed by atoms with Crippen molar-refractivity contribution in [3.05, 3.63) is 34.3 Å². The van der Waals surface area contributed by atoms with Gasteiger partial charge in [0.05, 0.1) is 12.6 Å². The van der Waals surface area contributed by atoms with Crippen molar-refractivity contribution in [3.8, 4) is 0 Å². The number of hydrogen-bond acceptors (Lipinski definition) is 3. The molecule has 0 heterocycles. The summed E-state index contributed by atoms with van der Waals surface area (Å²) in [5.41, 5.74) is 2.26. The first kappa shape index (κ1) is 16.0. The van der Waals surface area contributed by atoms with Crippen LogP contribution in [0, 0.1) is 6.92 Å². The molecule has 2 N–H and O–H groups in total. The van der Waals surface area contributed by atoms with Gasteiger partial charge in [0.15, 0.2) is 0 Å². The van der Waals surface area contributed by atoms with E-state index in [9.17, 15) is 4.79 Å². The lowest BCUT2D eigenvalue weighted by Gasteiger charge is -2.15. The molecule has 0 aromatic heterocycles. The monoisotopic (exact) mass is 284 g/mol. The lowest BCUT2D eigenvalue weighted by atomic mass is 10.1. The molecular weight excluding hydrogens is 264 g/mol. The molecule has 1 atom stereocenters. The molecule has 0 saturated carbocycles. The van der Waals surface area contributed by atoms with E-state index in [2.05, 4.69) is 10.6 Å². The molecule has 1 rings (SSSR count). The Morgan fingerprint density at radius 1 is 1.47 bits per heavy atom. The van der Waals surface area contributed by atoms with Gasteiger partial charge >= 0.3 is 0 Å². The van der Waals surface area contributed by atoms with Crippen LogP contribution in [-0.2, 0) is 16.1 Å². The van der Waals surface area contributed by atoms with Gasteiger partial charge in [-0.25, -0.2) is 0 Å². The Kier molecular flexibility index (Phi) is 6.84. The number of aryl methyl sites for hydroxylation is 1. The Morgan fingerprint density at radius 2 is 2.21 bits per heavy atom. The third kappa shape index (κ3) is 5.59. The van der Waals surface area contributed by atoms with E-state index in [0.717, 1.165) is 16.1 Å². The molecule has 0 fully saturated rings. The van der Waals surface area contributed by atoms with E-state index in [1.165, 1.54) is 0 Å². The van der Waals surface area contributed by atoms with E-state index < -0.39 is 0 Å². The third-order valence-corrected chi connectivity index (χ3v) is 3.14. The number of methoxy groups -OCH3 is 1. The molecule has 1 amide bonds. The maximum atomic E-state index is 11.7. The summed E-state index contributed by atoms with van der Waals surface area (Å²) in [6.07, 6.45) is 0. The minimum absolute atomic E-state index is 0.0244. The highest BCUT2D eigenvalue weighted by Crippen LogP contribution is 2.15. The first-order valence-electron chi connectivity index (χ1n) is 6.29. The molecule has 106 valence electrons. The van der Waals surface area contributed by atoms with Crippen LogP contribution >= 0.6 is 11.6 Å². The second-order valence-electron chi connectivity index (χ2n) is 4.46. The zero-order valence-corrected chi connectivity index (χ0v) is 12.4.